The first-order valence-corrected chi connectivity index (χ1v) is 10.4. The molecule has 0 saturated carbocycles. The number of urea groups is 2. The van der Waals surface area contributed by atoms with Crippen molar-refractivity contribution in [1.29, 1.82) is 0 Å². The molecule has 0 spiro atoms. The highest BCUT2D eigenvalue weighted by Gasteiger charge is 2.25. The lowest BCUT2D eigenvalue weighted by Gasteiger charge is -2.38. The van der Waals surface area contributed by atoms with E-state index in [1.165, 1.54) is 0 Å². The van der Waals surface area contributed by atoms with Crippen molar-refractivity contribution in [3.05, 3.63) is 0 Å². The lowest BCUT2D eigenvalue weighted by atomic mass is 10.1. The quantitative estimate of drug-likeness (QED) is 0.717. The van der Waals surface area contributed by atoms with Crippen molar-refractivity contribution in [2.24, 2.45) is 5.73 Å². The van der Waals surface area contributed by atoms with Crippen molar-refractivity contribution >= 4 is 12.1 Å². The molecule has 4 amide bonds. The summed E-state index contributed by atoms with van der Waals surface area (Å²) in [7, 11) is 0. The van der Waals surface area contributed by atoms with Gasteiger partial charge in [0.05, 0.1) is 0 Å². The smallest absolute Gasteiger partial charge is 0.317 e. The molecule has 0 aromatic rings. The molecule has 0 bridgehead atoms. The molecular weight excluding hydrogens is 344 g/mol. The normalized spacial score (nSPS) is 22.0. The molecule has 2 aliphatic heterocycles. The molecule has 0 aliphatic carbocycles. The zero-order valence-corrected chi connectivity index (χ0v) is 17.5. The van der Waals surface area contributed by atoms with Gasteiger partial charge in [-0.25, -0.2) is 9.59 Å². The first-order valence-electron chi connectivity index (χ1n) is 10.4. The highest BCUT2D eigenvalue weighted by molar-refractivity contribution is 5.74. The van der Waals surface area contributed by atoms with E-state index < -0.39 is 0 Å². The van der Waals surface area contributed by atoms with Gasteiger partial charge in [-0.05, 0) is 40.5 Å². The van der Waals surface area contributed by atoms with Crippen LogP contribution in [0.2, 0.25) is 0 Å². The van der Waals surface area contributed by atoms with Crippen molar-refractivity contribution in [1.82, 2.24) is 24.9 Å². The highest BCUT2D eigenvalue weighted by Crippen LogP contribution is 2.13. The predicted octanol–water partition coefficient (Wildman–Crippen LogP) is 0.976. The molecule has 8 nitrogen and oxygen atoms in total. The van der Waals surface area contributed by atoms with Gasteiger partial charge in [-0.1, -0.05) is 0 Å². The second-order valence-corrected chi connectivity index (χ2v) is 8.25. The third-order valence-electron chi connectivity index (χ3n) is 5.97. The summed E-state index contributed by atoms with van der Waals surface area (Å²) in [4.78, 5) is 32.1. The molecule has 8 heteroatoms. The summed E-state index contributed by atoms with van der Waals surface area (Å²) in [5.74, 6) is 0. The van der Waals surface area contributed by atoms with Gasteiger partial charge in [-0.3, -0.25) is 9.80 Å². The molecule has 2 saturated heterocycles. The standard InChI is InChI=1S/C19H38N6O2/c1-15(2)22-7-13-25(14-8-22)19(27)21-16(3)5-6-17(4)23-9-11-24(12-10-23)18(20)26/h15-17H,5-14H2,1-4H3,(H2,20,26)(H,21,27). The predicted molar refractivity (Wildman–Crippen MR) is 108 cm³/mol. The fraction of sp³-hybridized carbons (Fsp3) is 0.895. The van der Waals surface area contributed by atoms with E-state index in [2.05, 4.69) is 42.8 Å². The summed E-state index contributed by atoms with van der Waals surface area (Å²) in [6.45, 7) is 15.4. The monoisotopic (exact) mass is 382 g/mol. The Balaban J connectivity index is 1.65. The van der Waals surface area contributed by atoms with Gasteiger partial charge in [-0.2, -0.15) is 0 Å². The molecule has 2 atom stereocenters. The first-order chi connectivity index (χ1) is 12.8. The van der Waals surface area contributed by atoms with Crippen molar-refractivity contribution in [3.8, 4) is 0 Å². The van der Waals surface area contributed by atoms with E-state index in [1.807, 2.05) is 4.90 Å². The van der Waals surface area contributed by atoms with Gasteiger partial charge in [0.1, 0.15) is 0 Å². The van der Waals surface area contributed by atoms with E-state index >= 15 is 0 Å². The summed E-state index contributed by atoms with van der Waals surface area (Å²) in [6, 6.07) is 0.880. The SMILES string of the molecule is CC(CCC(C)N1CCN(C(N)=O)CC1)NC(=O)N1CCN(C(C)C)CC1. The van der Waals surface area contributed by atoms with Crippen LogP contribution in [0.1, 0.15) is 40.5 Å². The van der Waals surface area contributed by atoms with Gasteiger partial charge in [0, 0.05) is 70.5 Å². The van der Waals surface area contributed by atoms with Crippen LogP contribution >= 0.6 is 0 Å². The fourth-order valence-corrected chi connectivity index (χ4v) is 3.87. The van der Waals surface area contributed by atoms with Crippen molar-refractivity contribution in [2.45, 2.75) is 58.7 Å². The van der Waals surface area contributed by atoms with Gasteiger partial charge < -0.3 is 20.9 Å². The van der Waals surface area contributed by atoms with Crippen LogP contribution in [0, 0.1) is 0 Å². The van der Waals surface area contributed by atoms with Gasteiger partial charge in [0.15, 0.2) is 0 Å². The number of nitrogens with two attached hydrogens (primary N) is 1. The lowest BCUT2D eigenvalue weighted by molar-refractivity contribution is 0.110. The van der Waals surface area contributed by atoms with Gasteiger partial charge in [-0.15, -0.1) is 0 Å². The summed E-state index contributed by atoms with van der Waals surface area (Å²) in [5.41, 5.74) is 5.34. The van der Waals surface area contributed by atoms with Crippen LogP contribution in [0.3, 0.4) is 0 Å². The van der Waals surface area contributed by atoms with Crippen LogP contribution < -0.4 is 11.1 Å². The van der Waals surface area contributed by atoms with E-state index in [0.717, 1.165) is 52.1 Å². The third kappa shape index (κ3) is 6.53. The Hall–Kier alpha value is -1.54. The number of piperazine rings is 2. The maximum atomic E-state index is 12.5. The maximum absolute atomic E-state index is 12.5. The molecule has 3 N–H and O–H groups in total. The number of hydrogen-bond acceptors (Lipinski definition) is 4. The average Bonchev–Trinajstić information content (AvgIpc) is 2.66. The molecule has 27 heavy (non-hydrogen) atoms. The molecule has 2 heterocycles. The van der Waals surface area contributed by atoms with Crippen LogP contribution in [-0.4, -0.2) is 102 Å². The maximum Gasteiger partial charge on any atom is 0.317 e. The van der Waals surface area contributed by atoms with Crippen molar-refractivity contribution in [2.75, 3.05) is 52.4 Å². The van der Waals surface area contributed by atoms with Crippen LogP contribution in [0.5, 0.6) is 0 Å². The summed E-state index contributed by atoms with van der Waals surface area (Å²) in [5, 5.41) is 3.15. The van der Waals surface area contributed by atoms with Gasteiger partial charge in [0.25, 0.3) is 0 Å². The molecule has 2 fully saturated rings. The van der Waals surface area contributed by atoms with E-state index in [4.69, 9.17) is 5.73 Å². The van der Waals surface area contributed by atoms with Crippen LogP contribution in [0.25, 0.3) is 0 Å². The molecule has 2 aliphatic rings. The zero-order valence-electron chi connectivity index (χ0n) is 17.5. The lowest BCUT2D eigenvalue weighted by Crippen LogP contribution is -2.54. The largest absolute Gasteiger partial charge is 0.351 e. The summed E-state index contributed by atoms with van der Waals surface area (Å²) in [6.07, 6.45) is 1.98. The topological polar surface area (TPSA) is 85.1 Å². The number of hydrogen-bond donors (Lipinski definition) is 2. The fourth-order valence-electron chi connectivity index (χ4n) is 3.87. The minimum atomic E-state index is -0.326. The molecule has 0 aromatic carbocycles. The zero-order chi connectivity index (χ0) is 20.0. The molecular formula is C19H38N6O2. The highest BCUT2D eigenvalue weighted by atomic mass is 16.2. The van der Waals surface area contributed by atoms with Crippen LogP contribution in [0.15, 0.2) is 0 Å². The number of carbonyl (C=O) groups is 2. The third-order valence-corrected chi connectivity index (χ3v) is 5.97. The Morgan fingerprint density at radius 2 is 1.33 bits per heavy atom. The Kier molecular flexibility index (Phi) is 8.16. The second-order valence-electron chi connectivity index (χ2n) is 8.25. The number of carbonyl (C=O) groups excluding carboxylic acids is 2. The van der Waals surface area contributed by atoms with Gasteiger partial charge >= 0.3 is 12.1 Å². The van der Waals surface area contributed by atoms with Crippen LogP contribution in [0.4, 0.5) is 9.59 Å². The van der Waals surface area contributed by atoms with Crippen molar-refractivity contribution < 1.29 is 9.59 Å². The minimum absolute atomic E-state index is 0.0635. The Labute approximate surface area is 164 Å². The van der Waals surface area contributed by atoms with E-state index in [0.29, 0.717) is 25.2 Å². The first kappa shape index (κ1) is 21.8. The number of primary amides is 1. The number of amides is 4. The van der Waals surface area contributed by atoms with E-state index in [-0.39, 0.29) is 18.1 Å². The molecule has 0 aromatic heterocycles. The molecule has 156 valence electrons. The molecule has 2 rings (SSSR count). The van der Waals surface area contributed by atoms with Crippen LogP contribution in [-0.2, 0) is 0 Å². The van der Waals surface area contributed by atoms with E-state index in [9.17, 15) is 9.59 Å². The Bertz CT molecular complexity index is 485. The second kappa shape index (κ2) is 10.1. The van der Waals surface area contributed by atoms with Gasteiger partial charge in [0.2, 0.25) is 0 Å². The van der Waals surface area contributed by atoms with E-state index in [1.54, 1.807) is 4.90 Å². The molecule has 2 unspecified atom stereocenters. The number of rotatable bonds is 6. The average molecular weight is 383 g/mol. The minimum Gasteiger partial charge on any atom is -0.351 e. The summed E-state index contributed by atoms with van der Waals surface area (Å²) < 4.78 is 0. The molecule has 0 radical (unpaired) electrons. The number of nitrogens with zero attached hydrogens (tertiary/aromatic N) is 4. The van der Waals surface area contributed by atoms with Crippen molar-refractivity contribution in [3.63, 3.8) is 0 Å². The Morgan fingerprint density at radius 1 is 0.815 bits per heavy atom. The Morgan fingerprint density at radius 3 is 1.85 bits per heavy atom. The summed E-state index contributed by atoms with van der Waals surface area (Å²) >= 11 is 0. The number of nitrogens with one attached hydrogen (secondary N) is 1.